The third-order valence-electron chi connectivity index (χ3n) is 16.1. The van der Waals surface area contributed by atoms with Crippen molar-refractivity contribution in [2.24, 2.45) is 17.8 Å². The number of carbonyl (C=O) groups is 12. The molecule has 1 aliphatic rings. The molecule has 35 nitrogen and oxygen atoms in total. The van der Waals surface area contributed by atoms with Gasteiger partial charge >= 0.3 is 17.9 Å². The summed E-state index contributed by atoms with van der Waals surface area (Å²) in [4.78, 5) is 181. The van der Waals surface area contributed by atoms with Crippen LogP contribution < -0.4 is 58.5 Å². The van der Waals surface area contributed by atoms with Gasteiger partial charge in [0, 0.05) is 51.0 Å². The van der Waals surface area contributed by atoms with Crippen molar-refractivity contribution < 1.29 is 96.2 Å². The number of aromatic nitrogens is 2. The van der Waals surface area contributed by atoms with E-state index in [1.165, 1.54) is 26.0 Å². The van der Waals surface area contributed by atoms with Gasteiger partial charge in [0.15, 0.2) is 17.1 Å². The smallest absolute Gasteiger partial charge is 0.407 e. The van der Waals surface area contributed by atoms with Crippen molar-refractivity contribution in [2.45, 2.75) is 219 Å². The molecule has 0 radical (unpaired) electrons. The predicted octanol–water partition coefficient (Wildman–Crippen LogP) is 2.12. The topological polar surface area (TPSA) is 497 Å². The van der Waals surface area contributed by atoms with Gasteiger partial charge in [-0.05, 0) is 128 Å². The summed E-state index contributed by atoms with van der Waals surface area (Å²) < 4.78 is 26.4. The second kappa shape index (κ2) is 43.0. The van der Waals surface area contributed by atoms with Gasteiger partial charge in [-0.25, -0.2) is 14.2 Å². The lowest BCUT2D eigenvalue weighted by Crippen LogP contribution is -2.60. The van der Waals surface area contributed by atoms with Gasteiger partial charge in [0.1, 0.15) is 48.0 Å². The van der Waals surface area contributed by atoms with E-state index in [9.17, 15) is 77.9 Å². The number of rotatable bonds is 31. The van der Waals surface area contributed by atoms with Crippen LogP contribution in [0.5, 0.6) is 0 Å². The van der Waals surface area contributed by atoms with Crippen LogP contribution in [0.3, 0.4) is 0 Å². The van der Waals surface area contributed by atoms with Gasteiger partial charge in [-0.15, -0.1) is 0 Å². The number of nitrogens with one attached hydrogen (secondary N) is 11. The number of benzene rings is 2. The molecule has 4 rings (SSSR count). The van der Waals surface area contributed by atoms with Crippen LogP contribution in [0.15, 0.2) is 47.1 Å². The summed E-state index contributed by atoms with van der Waals surface area (Å²) >= 11 is 0. The number of nitrogens with zero attached hydrogens (tertiary/aromatic N) is 3. The number of fused-ring (bicyclic) bond motifs is 1. The van der Waals surface area contributed by atoms with E-state index in [4.69, 9.17) is 18.9 Å². The van der Waals surface area contributed by atoms with Crippen LogP contribution in [0.2, 0.25) is 0 Å². The fourth-order valence-electron chi connectivity index (χ4n) is 10.9. The maximum absolute atomic E-state index is 14.9. The Morgan fingerprint density at radius 1 is 0.663 bits per heavy atom. The summed E-state index contributed by atoms with van der Waals surface area (Å²) in [5, 5.41) is 69.7. The molecule has 2 heterocycles. The first-order chi connectivity index (χ1) is 49.0. The number of aliphatic hydroxyl groups is 2. The zero-order chi connectivity index (χ0) is 77.4. The quantitative estimate of drug-likeness (QED) is 0.0249. The average molecular weight is 1470 g/mol. The number of ether oxygens (including phenoxy) is 4. The Hall–Kier alpha value is -9.48. The van der Waals surface area contributed by atoms with Crippen molar-refractivity contribution in [3.05, 3.63) is 58.1 Å². The SMILES string of the molecule is CCC[C@H](NC(=O)[C@@H](NC(=O)COCCOCCNc1ccc([N+](=O)[O-])c2nonc12)[C@@H](C)O)C(=O)NC1CCNC(=O)[C@@H]([C@H](C)O)CC(=O)[C@H](CCNC(=O)OC(C)(C)C)NC(=O)[C@H](CCNC(=O)OC(C)(C)C)NC(=O)[C@@H](CC(C)C)CC(=O)[C@@H](Cc2ccccc2)NC(=O)[C@@H](CCC)NC1=O. The van der Waals surface area contributed by atoms with Gasteiger partial charge in [-0.1, -0.05) is 70.9 Å². The first kappa shape index (κ1) is 86.9. The number of Topliss-reactive ketones (excluding diaryl/α,β-unsaturated/α-hetero) is 2. The lowest BCUT2D eigenvalue weighted by molar-refractivity contribution is -0.383. The summed E-state index contributed by atoms with van der Waals surface area (Å²) in [5.41, 5.74) is -1.00. The Balaban J connectivity index is 1.66. The van der Waals surface area contributed by atoms with Crippen LogP contribution in [-0.2, 0) is 73.3 Å². The largest absolute Gasteiger partial charge is 0.444 e. The first-order valence-corrected chi connectivity index (χ1v) is 35.1. The maximum Gasteiger partial charge on any atom is 0.407 e. The molecule has 2 aromatic carbocycles. The normalized spacial score (nSPS) is 20.6. The number of anilines is 1. The molecule has 13 N–H and O–H groups in total. The lowest BCUT2D eigenvalue weighted by Gasteiger charge is -2.28. The minimum Gasteiger partial charge on any atom is -0.444 e. The number of aliphatic hydroxyl groups excluding tert-OH is 2. The van der Waals surface area contributed by atoms with Crippen molar-refractivity contribution in [1.82, 2.24) is 63.5 Å². The summed E-state index contributed by atoms with van der Waals surface area (Å²) in [6.07, 6.45) is -6.65. The van der Waals surface area contributed by atoms with Gasteiger partial charge in [-0.2, -0.15) is 0 Å². The molecule has 1 fully saturated rings. The molecule has 1 unspecified atom stereocenters. The highest BCUT2D eigenvalue weighted by Crippen LogP contribution is 2.29. The van der Waals surface area contributed by atoms with E-state index in [2.05, 4.69) is 73.4 Å². The number of carbonyl (C=O) groups excluding carboxylic acids is 12. The van der Waals surface area contributed by atoms with E-state index in [-0.39, 0.29) is 113 Å². The Morgan fingerprint density at radius 3 is 1.83 bits per heavy atom. The van der Waals surface area contributed by atoms with Crippen molar-refractivity contribution in [3.8, 4) is 0 Å². The minimum atomic E-state index is -1.65. The monoisotopic (exact) mass is 1470 g/mol. The molecule has 10 amide bonds. The molecule has 35 heteroatoms. The summed E-state index contributed by atoms with van der Waals surface area (Å²) in [6, 6.07) is 0.818. The zero-order valence-corrected chi connectivity index (χ0v) is 61.4. The second-order valence-electron chi connectivity index (χ2n) is 27.9. The fraction of sp³-hybridized carbons (Fsp3) is 0.652. The molecular weight excluding hydrogens is 1360 g/mol. The highest BCUT2D eigenvalue weighted by atomic mass is 16.6. The van der Waals surface area contributed by atoms with Crippen LogP contribution in [0.1, 0.15) is 153 Å². The molecule has 0 bridgehead atoms. The van der Waals surface area contributed by atoms with Gasteiger partial charge in [-0.3, -0.25) is 58.1 Å². The van der Waals surface area contributed by atoms with Crippen molar-refractivity contribution in [1.29, 1.82) is 0 Å². The highest BCUT2D eigenvalue weighted by Gasteiger charge is 2.38. The van der Waals surface area contributed by atoms with Crippen LogP contribution in [0, 0.1) is 27.9 Å². The van der Waals surface area contributed by atoms with Crippen molar-refractivity contribution >= 4 is 93.4 Å². The molecule has 578 valence electrons. The van der Waals surface area contributed by atoms with Crippen LogP contribution in [0.4, 0.5) is 21.0 Å². The Morgan fingerprint density at radius 2 is 1.24 bits per heavy atom. The van der Waals surface area contributed by atoms with Crippen LogP contribution in [0.25, 0.3) is 11.0 Å². The average Bonchev–Trinajstić information content (AvgIpc) is 1.51. The number of hydrogen-bond donors (Lipinski definition) is 13. The van der Waals surface area contributed by atoms with Crippen molar-refractivity contribution in [3.63, 3.8) is 0 Å². The third kappa shape index (κ3) is 30.8. The van der Waals surface area contributed by atoms with E-state index in [1.807, 2.05) is 0 Å². The van der Waals surface area contributed by atoms with Gasteiger partial charge < -0.3 is 87.6 Å². The molecule has 1 aromatic heterocycles. The van der Waals surface area contributed by atoms with E-state index >= 15 is 0 Å². The van der Waals surface area contributed by atoms with Crippen molar-refractivity contribution in [2.75, 3.05) is 57.9 Å². The molecule has 104 heavy (non-hydrogen) atoms. The second-order valence-corrected chi connectivity index (χ2v) is 27.9. The molecule has 0 aliphatic carbocycles. The van der Waals surface area contributed by atoms with E-state index < -0.39 is 186 Å². The Kier molecular flexibility index (Phi) is 35.9. The van der Waals surface area contributed by atoms with Crippen LogP contribution in [-0.4, -0.2) is 215 Å². The van der Waals surface area contributed by atoms with Gasteiger partial charge in [0.05, 0.1) is 60.6 Å². The lowest BCUT2D eigenvalue weighted by atomic mass is 9.88. The summed E-state index contributed by atoms with van der Waals surface area (Å²) in [5.74, 6) is -11.6. The third-order valence-corrected chi connectivity index (χ3v) is 16.1. The maximum atomic E-state index is 14.9. The number of hydrogen-bond acceptors (Lipinski definition) is 24. The zero-order valence-electron chi connectivity index (χ0n) is 61.4. The molecular formula is C69H106N14O21. The predicted molar refractivity (Wildman–Crippen MR) is 376 cm³/mol. The Bertz CT molecular complexity index is 3370. The number of ketones is 2. The molecule has 3 aromatic rings. The fourth-order valence-corrected chi connectivity index (χ4v) is 10.9. The molecule has 1 aliphatic heterocycles. The molecule has 11 atom stereocenters. The van der Waals surface area contributed by atoms with E-state index in [0.29, 0.717) is 11.3 Å². The van der Waals surface area contributed by atoms with Gasteiger partial charge in [0.2, 0.25) is 52.8 Å². The van der Waals surface area contributed by atoms with Crippen LogP contribution >= 0.6 is 0 Å². The first-order valence-electron chi connectivity index (χ1n) is 35.1. The highest BCUT2D eigenvalue weighted by molar-refractivity contribution is 5.99. The van der Waals surface area contributed by atoms with E-state index in [0.717, 1.165) is 0 Å². The van der Waals surface area contributed by atoms with Gasteiger partial charge in [0.25, 0.3) is 0 Å². The number of amides is 10. The molecule has 1 saturated heterocycles. The summed E-state index contributed by atoms with van der Waals surface area (Å²) in [6.45, 7) is 17.9. The standard InChI is InChI=1S/C69H106N14O21/c1-13-18-47-62(92)79-51(35-42-20-16-15-17-21-42)53(86)36-43(34-39(3)4)59(89)75-49(26-29-73-67(97)103-69(10,11)12)63(93)74-45(24-28-72-66(96)102-68(7,8)9)54(87)37-44(40(5)84)60(90)71-27-25-50(64(94)76-47)77-61(91)48(19-14-2)78-65(95)56(41(6)85)80-55(88)38-101-33-32-100-31-30-70-46-22-23-52(83(98)99)58-57(46)81-104-82-58/h15-17,20-23,39-41,43-45,47-51,56,70,84-85H,13-14,18-19,24-38H2,1-12H3,(H,71,90)(H,72,96)(H,73,97)(H,74,93)(H,75,89)(H,76,94)(H,77,91)(H,78,95)(H,79,92)(H,80,88)/t40-,41+,43-,44+,45-,47+,48-,49-,50?,51+,56-/m0/s1. The molecule has 0 spiro atoms. The Labute approximate surface area is 604 Å². The molecule has 0 saturated carbocycles. The minimum absolute atomic E-state index is 0.00700. The number of non-ortho nitro benzene ring substituents is 1. The summed E-state index contributed by atoms with van der Waals surface area (Å²) in [7, 11) is 0. The number of nitro benzene ring substituents is 1. The van der Waals surface area contributed by atoms with E-state index in [1.54, 1.807) is 99.6 Å². The number of alkyl carbamates (subject to hydrolysis) is 2. The number of nitro groups is 1.